The summed E-state index contributed by atoms with van der Waals surface area (Å²) in [7, 11) is 0. The molecule has 12 heteroatoms. The number of hydrogen-bond acceptors (Lipinski definition) is 12. The lowest BCUT2D eigenvalue weighted by Crippen LogP contribution is -2.60. The van der Waals surface area contributed by atoms with Gasteiger partial charge in [0.25, 0.3) is 0 Å². The van der Waals surface area contributed by atoms with Crippen molar-refractivity contribution in [2.24, 2.45) is 139 Å². The van der Waals surface area contributed by atoms with Gasteiger partial charge in [-0.15, -0.1) is 0 Å². The van der Waals surface area contributed by atoms with Crippen molar-refractivity contribution >= 4 is 52.6 Å². The van der Waals surface area contributed by atoms with Crippen molar-refractivity contribution < 1.29 is 57.4 Å². The molecule has 0 aromatic carbocycles. The Labute approximate surface area is 500 Å². The summed E-state index contributed by atoms with van der Waals surface area (Å²) in [5.74, 6) is 0.719. The molecule has 24 bridgehead atoms. The first-order valence-corrected chi connectivity index (χ1v) is 34.5. The van der Waals surface area contributed by atoms with Gasteiger partial charge in [0.1, 0.15) is 53.0 Å². The monoisotopic (exact) mass is 1160 g/mol. The molecule has 27 atom stereocenters. The van der Waals surface area contributed by atoms with Gasteiger partial charge in [-0.05, 0) is 221 Å². The molecule has 12 saturated carbocycles. The average Bonchev–Trinajstić information content (AvgIpc) is 1.35. The number of esters is 3. The summed E-state index contributed by atoms with van der Waals surface area (Å²) in [4.78, 5) is 130. The molecular weight excluding hydrogens is 1060 g/mol. The van der Waals surface area contributed by atoms with Gasteiger partial charge in [-0.2, -0.15) is 0 Å². The van der Waals surface area contributed by atoms with Gasteiger partial charge in [0.15, 0.2) is 0 Å². The molecule has 0 spiro atoms. The molecule has 25 aliphatic rings. The topological polar surface area (TPSA) is 181 Å². The standard InChI is InChI=1S/C72H102O12/c1-37-10-19-61(79)82-43-22-25-68(5)40(28-43)32-56(74)65-50-17-14-47(71(50,8)59(77)35-53(65)68)39(3)12-21-63(81)84-45-24-27-69(6)42(30-45)33-57(75)66-51-18-15-48(72(51,9)60(78)36-54(66)69)38(2)11-20-62(80)83-44-23-26-67(4)41(29-44)31-55(73)64-49-16-13-46(37)70(49,7)58(76)34-52(64)67/h37-54,64-66H,10-36H2,1-9H3/t37-,38-,39+,40+,41+,42+,43-,44-,45-,46-,47-,48-,49+,50+,51+,52+,53+,54+,64+,65+,66+,67+,68+,69+,70-,71+,72-/m1/s1. The van der Waals surface area contributed by atoms with Crippen LogP contribution in [0.4, 0.5) is 0 Å². The third kappa shape index (κ3) is 8.86. The van der Waals surface area contributed by atoms with Crippen molar-refractivity contribution in [2.75, 3.05) is 0 Å². The molecule has 0 aromatic heterocycles. The van der Waals surface area contributed by atoms with Crippen LogP contribution in [-0.2, 0) is 57.4 Å². The molecule has 0 aromatic rings. The second-order valence-electron chi connectivity index (χ2n) is 33.3. The highest BCUT2D eigenvalue weighted by molar-refractivity contribution is 5.94. The summed E-state index contributed by atoms with van der Waals surface area (Å²) in [6, 6.07) is 0. The molecule has 13 aliphatic heterocycles. The Bertz CT molecular complexity index is 2470. The Morgan fingerprint density at radius 1 is 0.310 bits per heavy atom. The number of rotatable bonds is 0. The minimum Gasteiger partial charge on any atom is -0.462 e. The fourth-order valence-electron chi connectivity index (χ4n) is 25.4. The maximum Gasteiger partial charge on any atom is 0.306 e. The number of fused-ring (bicyclic) bond motifs is 1. The summed E-state index contributed by atoms with van der Waals surface area (Å²) in [5, 5.41) is 0. The van der Waals surface area contributed by atoms with Crippen LogP contribution in [0.5, 0.6) is 0 Å². The molecule has 0 N–H and O–H groups in total. The Hall–Kier alpha value is -3.57. The van der Waals surface area contributed by atoms with Gasteiger partial charge < -0.3 is 14.2 Å². The molecule has 84 heavy (non-hydrogen) atoms. The SMILES string of the molecule is C[C@@H]1CCC(=O)O[C@@H]2CC[C@@]3(C)[C@H](CC(=O)[C@@H]4[C@@H]3CC(=O)[C@@]3(C)[C@H](CC[C@@H]43)[C@@H](C)CCC(=O)O[C@@H]3CC[C@@]4(C)[C@H](CC(=O)[C@@H]5[C@@H]4CC(=O)[C@]4(C)[C@H](CC[C@@H]54)[C@H](C)CCC(=O)O[C@@H]4CC[C@@]5(C)[C@H](CC(=O)[C@@H]6[C@@H]5CC(=O)[C@]5(C)[C@@H]1CC[C@@H]65)C4)C3)C2. The minimum atomic E-state index is -0.637. The zero-order chi connectivity index (χ0) is 59.5. The van der Waals surface area contributed by atoms with Gasteiger partial charge in [0, 0.05) is 91.8 Å². The van der Waals surface area contributed by atoms with Crippen LogP contribution in [0, 0.1) is 139 Å². The summed E-state index contributed by atoms with van der Waals surface area (Å²) in [5.41, 5.74) is -2.55. The number of carbonyl (C=O) groups is 9. The first-order chi connectivity index (χ1) is 39.7. The molecule has 0 unspecified atom stereocenters. The van der Waals surface area contributed by atoms with Crippen molar-refractivity contribution in [3.05, 3.63) is 0 Å². The molecule has 12 aliphatic carbocycles. The highest BCUT2D eigenvalue weighted by Crippen LogP contribution is 2.71. The van der Waals surface area contributed by atoms with E-state index >= 15 is 0 Å². The highest BCUT2D eigenvalue weighted by atomic mass is 16.6. The molecule has 25 rings (SSSR count). The second-order valence-corrected chi connectivity index (χ2v) is 33.3. The number of carbonyl (C=O) groups excluding carboxylic acids is 9. The van der Waals surface area contributed by atoms with Crippen LogP contribution in [0.1, 0.15) is 236 Å². The van der Waals surface area contributed by atoms with Crippen LogP contribution >= 0.6 is 0 Å². The van der Waals surface area contributed by atoms with Crippen LogP contribution in [-0.4, -0.2) is 70.9 Å². The van der Waals surface area contributed by atoms with Crippen molar-refractivity contribution in [3.63, 3.8) is 0 Å². The molecule has 13 heterocycles. The molecule has 0 radical (unpaired) electrons. The maximum absolute atomic E-state index is 14.8. The first-order valence-electron chi connectivity index (χ1n) is 34.5. The van der Waals surface area contributed by atoms with Gasteiger partial charge in [0.05, 0.1) is 0 Å². The van der Waals surface area contributed by atoms with E-state index in [4.69, 9.17) is 14.2 Å². The van der Waals surface area contributed by atoms with Crippen molar-refractivity contribution in [2.45, 2.75) is 254 Å². The van der Waals surface area contributed by atoms with E-state index in [2.05, 4.69) is 62.3 Å². The summed E-state index contributed by atoms with van der Waals surface area (Å²) in [6.07, 6.45) is 15.7. The van der Waals surface area contributed by atoms with Crippen LogP contribution in [0.25, 0.3) is 0 Å². The Kier molecular flexibility index (Phi) is 14.9. The van der Waals surface area contributed by atoms with E-state index in [0.717, 1.165) is 57.8 Å². The van der Waals surface area contributed by atoms with Crippen LogP contribution in [0.2, 0.25) is 0 Å². The molecule has 462 valence electrons. The predicted molar refractivity (Wildman–Crippen MR) is 313 cm³/mol. The van der Waals surface area contributed by atoms with Crippen molar-refractivity contribution in [1.82, 2.24) is 0 Å². The fraction of sp³-hybridized carbons (Fsp3) is 0.875. The normalized spacial score (nSPS) is 53.4. The lowest BCUT2D eigenvalue weighted by Gasteiger charge is -2.59. The van der Waals surface area contributed by atoms with E-state index in [9.17, 15) is 43.2 Å². The van der Waals surface area contributed by atoms with Crippen LogP contribution < -0.4 is 0 Å². The summed E-state index contributed by atoms with van der Waals surface area (Å²) >= 11 is 0. The zero-order valence-corrected chi connectivity index (χ0v) is 52.6. The minimum absolute atomic E-state index is 0.0274. The molecule has 12 nitrogen and oxygen atoms in total. The van der Waals surface area contributed by atoms with E-state index < -0.39 is 16.2 Å². The van der Waals surface area contributed by atoms with Crippen LogP contribution in [0.15, 0.2) is 0 Å². The zero-order valence-electron chi connectivity index (χ0n) is 52.6. The van der Waals surface area contributed by atoms with Crippen molar-refractivity contribution in [1.29, 1.82) is 0 Å². The fourth-order valence-corrected chi connectivity index (χ4v) is 25.4. The third-order valence-electron chi connectivity index (χ3n) is 30.4. The quantitative estimate of drug-likeness (QED) is 0.166. The Morgan fingerprint density at radius 2 is 0.560 bits per heavy atom. The maximum atomic E-state index is 14.8. The predicted octanol–water partition coefficient (Wildman–Crippen LogP) is 13.0. The highest BCUT2D eigenvalue weighted by Gasteiger charge is 2.70. The molecule has 0 amide bonds. The van der Waals surface area contributed by atoms with E-state index in [1.807, 2.05) is 0 Å². The number of ketones is 6. The number of ether oxygens (including phenoxy) is 3. The average molecular weight is 1160 g/mol. The van der Waals surface area contributed by atoms with E-state index in [1.54, 1.807) is 0 Å². The number of hydrogen-bond donors (Lipinski definition) is 0. The van der Waals surface area contributed by atoms with E-state index in [0.29, 0.717) is 96.3 Å². The van der Waals surface area contributed by atoms with E-state index in [1.165, 1.54) is 0 Å². The first kappa shape index (κ1) is 59.4. The summed E-state index contributed by atoms with van der Waals surface area (Å²) in [6.45, 7) is 19.8. The third-order valence-corrected chi connectivity index (χ3v) is 30.4. The van der Waals surface area contributed by atoms with Gasteiger partial charge >= 0.3 is 17.9 Å². The van der Waals surface area contributed by atoms with Gasteiger partial charge in [-0.25, -0.2) is 0 Å². The van der Waals surface area contributed by atoms with E-state index in [-0.39, 0.29) is 213 Å². The number of Topliss-reactive ketones (excluding diaryl/α,β-unsaturated/α-hetero) is 6. The summed E-state index contributed by atoms with van der Waals surface area (Å²) < 4.78 is 18.9. The lowest BCUT2D eigenvalue weighted by molar-refractivity contribution is -0.174. The van der Waals surface area contributed by atoms with Gasteiger partial charge in [-0.3, -0.25) is 43.2 Å². The lowest BCUT2D eigenvalue weighted by atomic mass is 9.43. The Balaban J connectivity index is 0.726. The van der Waals surface area contributed by atoms with Crippen LogP contribution in [0.3, 0.4) is 0 Å². The van der Waals surface area contributed by atoms with Gasteiger partial charge in [-0.1, -0.05) is 62.3 Å². The second kappa shape index (κ2) is 21.0. The largest absolute Gasteiger partial charge is 0.462 e. The molecule has 25 fully saturated rings. The smallest absolute Gasteiger partial charge is 0.306 e. The van der Waals surface area contributed by atoms with Gasteiger partial charge in [0.2, 0.25) is 0 Å². The molecule has 13 saturated heterocycles. The Morgan fingerprint density at radius 3 is 0.821 bits per heavy atom. The van der Waals surface area contributed by atoms with Crippen molar-refractivity contribution in [3.8, 4) is 0 Å². The molecular formula is C72H102O12.